The summed E-state index contributed by atoms with van der Waals surface area (Å²) < 4.78 is 0. The molecule has 1 atom stereocenters. The monoisotopic (exact) mass is 354 g/mol. The number of para-hydroxylation sites is 1. The summed E-state index contributed by atoms with van der Waals surface area (Å²) in [5.74, 6) is -1.85. The highest BCUT2D eigenvalue weighted by Crippen LogP contribution is 2.17. The SMILES string of the molecule is CC(C)C[C@@H](NC(=O)c1ccccc1NC(=O)c1ccccc1)C(=O)O. The van der Waals surface area contributed by atoms with Crippen LogP contribution in [0.15, 0.2) is 54.6 Å². The van der Waals surface area contributed by atoms with Crippen LogP contribution in [0.1, 0.15) is 41.0 Å². The van der Waals surface area contributed by atoms with E-state index in [1.165, 1.54) is 0 Å². The van der Waals surface area contributed by atoms with Gasteiger partial charge in [0.15, 0.2) is 0 Å². The third-order valence-corrected chi connectivity index (χ3v) is 3.77. The molecule has 6 heteroatoms. The van der Waals surface area contributed by atoms with E-state index >= 15 is 0 Å². The average Bonchev–Trinajstić information content (AvgIpc) is 2.61. The molecular formula is C20H22N2O4. The van der Waals surface area contributed by atoms with Gasteiger partial charge in [-0.2, -0.15) is 0 Å². The molecule has 0 aromatic heterocycles. The maximum Gasteiger partial charge on any atom is 0.326 e. The number of carbonyl (C=O) groups is 3. The van der Waals surface area contributed by atoms with E-state index in [0.29, 0.717) is 17.7 Å². The van der Waals surface area contributed by atoms with Gasteiger partial charge in [-0.15, -0.1) is 0 Å². The van der Waals surface area contributed by atoms with Gasteiger partial charge in [-0.1, -0.05) is 44.2 Å². The molecule has 2 rings (SSSR count). The maximum absolute atomic E-state index is 12.6. The van der Waals surface area contributed by atoms with Crippen LogP contribution < -0.4 is 10.6 Å². The summed E-state index contributed by atoms with van der Waals surface area (Å²) in [6, 6.07) is 14.2. The Morgan fingerprint density at radius 3 is 2.15 bits per heavy atom. The Bertz CT molecular complexity index is 787. The summed E-state index contributed by atoms with van der Waals surface area (Å²) in [4.78, 5) is 36.2. The van der Waals surface area contributed by atoms with Crippen molar-refractivity contribution in [3.63, 3.8) is 0 Å². The highest BCUT2D eigenvalue weighted by Gasteiger charge is 2.23. The molecule has 0 heterocycles. The van der Waals surface area contributed by atoms with Gasteiger partial charge < -0.3 is 15.7 Å². The van der Waals surface area contributed by atoms with Crippen molar-refractivity contribution in [2.24, 2.45) is 5.92 Å². The Hall–Kier alpha value is -3.15. The molecule has 3 N–H and O–H groups in total. The predicted octanol–water partition coefficient (Wildman–Crippen LogP) is 3.17. The highest BCUT2D eigenvalue weighted by atomic mass is 16.4. The minimum Gasteiger partial charge on any atom is -0.480 e. The van der Waals surface area contributed by atoms with Crippen molar-refractivity contribution in [2.75, 3.05) is 5.32 Å². The first-order valence-electron chi connectivity index (χ1n) is 8.37. The van der Waals surface area contributed by atoms with Gasteiger partial charge in [0.25, 0.3) is 11.8 Å². The molecule has 2 aromatic carbocycles. The Kier molecular flexibility index (Phi) is 6.49. The van der Waals surface area contributed by atoms with Gasteiger partial charge in [0.1, 0.15) is 6.04 Å². The number of anilines is 1. The van der Waals surface area contributed by atoms with Crippen LogP contribution in [0.3, 0.4) is 0 Å². The Morgan fingerprint density at radius 2 is 1.54 bits per heavy atom. The van der Waals surface area contributed by atoms with E-state index in [1.807, 2.05) is 13.8 Å². The molecule has 0 aliphatic heterocycles. The van der Waals surface area contributed by atoms with Gasteiger partial charge >= 0.3 is 5.97 Å². The first kappa shape index (κ1) is 19.2. The quantitative estimate of drug-likeness (QED) is 0.712. The molecule has 0 bridgehead atoms. The van der Waals surface area contributed by atoms with Crippen molar-refractivity contribution in [1.82, 2.24) is 5.32 Å². The molecule has 0 fully saturated rings. The lowest BCUT2D eigenvalue weighted by Gasteiger charge is -2.18. The second kappa shape index (κ2) is 8.80. The van der Waals surface area contributed by atoms with Crippen molar-refractivity contribution in [3.05, 3.63) is 65.7 Å². The first-order chi connectivity index (χ1) is 12.4. The first-order valence-corrected chi connectivity index (χ1v) is 8.37. The summed E-state index contributed by atoms with van der Waals surface area (Å²) in [5, 5.41) is 14.5. The van der Waals surface area contributed by atoms with Gasteiger partial charge in [0, 0.05) is 5.56 Å². The zero-order chi connectivity index (χ0) is 19.1. The summed E-state index contributed by atoms with van der Waals surface area (Å²) in [6.45, 7) is 3.77. The number of carboxylic acid groups (broad SMARTS) is 1. The van der Waals surface area contributed by atoms with E-state index in [4.69, 9.17) is 0 Å². The van der Waals surface area contributed by atoms with E-state index in [1.54, 1.807) is 54.6 Å². The normalized spacial score (nSPS) is 11.7. The van der Waals surface area contributed by atoms with Crippen LogP contribution >= 0.6 is 0 Å². The third kappa shape index (κ3) is 5.17. The molecule has 26 heavy (non-hydrogen) atoms. The van der Waals surface area contributed by atoms with Gasteiger partial charge in [0.2, 0.25) is 0 Å². The zero-order valence-electron chi connectivity index (χ0n) is 14.7. The van der Waals surface area contributed by atoms with Gasteiger partial charge in [-0.3, -0.25) is 9.59 Å². The molecule has 0 saturated carbocycles. The predicted molar refractivity (Wildman–Crippen MR) is 99.2 cm³/mol. The van der Waals surface area contributed by atoms with Gasteiger partial charge in [-0.25, -0.2) is 4.79 Å². The molecule has 0 aliphatic rings. The lowest BCUT2D eigenvalue weighted by atomic mass is 10.0. The number of nitrogens with one attached hydrogen (secondary N) is 2. The number of hydrogen-bond acceptors (Lipinski definition) is 3. The van der Waals surface area contributed by atoms with Crippen LogP contribution in [0.4, 0.5) is 5.69 Å². The van der Waals surface area contributed by atoms with Crippen LogP contribution in [0.5, 0.6) is 0 Å². The molecule has 0 saturated heterocycles. The topological polar surface area (TPSA) is 95.5 Å². The largest absolute Gasteiger partial charge is 0.480 e. The van der Waals surface area contributed by atoms with E-state index in [2.05, 4.69) is 10.6 Å². The summed E-state index contributed by atoms with van der Waals surface area (Å²) in [7, 11) is 0. The van der Waals surface area contributed by atoms with Crippen molar-refractivity contribution in [2.45, 2.75) is 26.3 Å². The average molecular weight is 354 g/mol. The van der Waals surface area contributed by atoms with Gasteiger partial charge in [0.05, 0.1) is 11.3 Å². The van der Waals surface area contributed by atoms with Crippen LogP contribution in [0.25, 0.3) is 0 Å². The van der Waals surface area contributed by atoms with E-state index < -0.39 is 17.9 Å². The minimum absolute atomic E-state index is 0.115. The highest BCUT2D eigenvalue weighted by molar-refractivity contribution is 6.09. The smallest absolute Gasteiger partial charge is 0.326 e. The van der Waals surface area contributed by atoms with Crippen molar-refractivity contribution in [1.29, 1.82) is 0 Å². The van der Waals surface area contributed by atoms with Crippen LogP contribution in [0, 0.1) is 5.92 Å². The molecular weight excluding hydrogens is 332 g/mol. The number of carboxylic acids is 1. The minimum atomic E-state index is -1.09. The second-order valence-electron chi connectivity index (χ2n) is 6.36. The molecule has 0 unspecified atom stereocenters. The molecule has 6 nitrogen and oxygen atoms in total. The number of hydrogen-bond donors (Lipinski definition) is 3. The van der Waals surface area contributed by atoms with Crippen LogP contribution in [-0.4, -0.2) is 28.9 Å². The van der Waals surface area contributed by atoms with Crippen molar-refractivity contribution in [3.8, 4) is 0 Å². The third-order valence-electron chi connectivity index (χ3n) is 3.77. The van der Waals surface area contributed by atoms with Gasteiger partial charge in [-0.05, 0) is 36.6 Å². The molecule has 2 amide bonds. The lowest BCUT2D eigenvalue weighted by molar-refractivity contribution is -0.139. The Morgan fingerprint density at radius 1 is 0.923 bits per heavy atom. The summed E-state index contributed by atoms with van der Waals surface area (Å²) in [5.41, 5.74) is 1.00. The van der Waals surface area contributed by atoms with E-state index in [9.17, 15) is 19.5 Å². The van der Waals surface area contributed by atoms with Crippen molar-refractivity contribution >= 4 is 23.5 Å². The Labute approximate surface area is 152 Å². The number of amides is 2. The standard InChI is InChI=1S/C20H22N2O4/c1-13(2)12-17(20(25)26)22-19(24)15-10-6-7-11-16(15)21-18(23)14-8-4-3-5-9-14/h3-11,13,17H,12H2,1-2H3,(H,21,23)(H,22,24)(H,25,26)/t17-/m1/s1. The fourth-order valence-electron chi connectivity index (χ4n) is 2.50. The Balaban J connectivity index is 2.18. The molecule has 0 spiro atoms. The summed E-state index contributed by atoms with van der Waals surface area (Å²) in [6.07, 6.45) is 0.319. The van der Waals surface area contributed by atoms with Crippen molar-refractivity contribution < 1.29 is 19.5 Å². The summed E-state index contributed by atoms with van der Waals surface area (Å²) >= 11 is 0. The fraction of sp³-hybridized carbons (Fsp3) is 0.250. The zero-order valence-corrected chi connectivity index (χ0v) is 14.7. The lowest BCUT2D eigenvalue weighted by Crippen LogP contribution is -2.41. The molecule has 2 aromatic rings. The fourth-order valence-corrected chi connectivity index (χ4v) is 2.50. The molecule has 0 aliphatic carbocycles. The number of rotatable bonds is 7. The number of carbonyl (C=O) groups excluding carboxylic acids is 2. The van der Waals surface area contributed by atoms with E-state index in [-0.39, 0.29) is 17.4 Å². The van der Waals surface area contributed by atoms with Crippen LogP contribution in [0.2, 0.25) is 0 Å². The molecule has 0 radical (unpaired) electrons. The number of benzene rings is 2. The molecule has 136 valence electrons. The maximum atomic E-state index is 12.6. The van der Waals surface area contributed by atoms with E-state index in [0.717, 1.165) is 0 Å². The van der Waals surface area contributed by atoms with Crippen LogP contribution in [-0.2, 0) is 4.79 Å². The second-order valence-corrected chi connectivity index (χ2v) is 6.36. The number of aliphatic carboxylic acids is 1.